The van der Waals surface area contributed by atoms with Crippen LogP contribution in [-0.4, -0.2) is 36.3 Å². The molecule has 12 heteroatoms. The summed E-state index contributed by atoms with van der Waals surface area (Å²) in [5, 5.41) is 11.7. The number of nitrogens with one attached hydrogen (secondary N) is 1. The van der Waals surface area contributed by atoms with Gasteiger partial charge in [0.1, 0.15) is 6.54 Å². The van der Waals surface area contributed by atoms with E-state index in [4.69, 9.17) is 23.2 Å². The van der Waals surface area contributed by atoms with Crippen LogP contribution < -0.4 is 9.62 Å². The fourth-order valence-electron chi connectivity index (χ4n) is 2.52. The SMILES string of the molecule is CC(C)Sc1nnc(NC(=O)CN(c2cc(Cl)cc(Cl)c2)S(=O)(=O)c2ccccc2)s1. The zero-order valence-corrected chi connectivity index (χ0v) is 20.4. The second-order valence-corrected chi connectivity index (χ2v) is 12.1. The summed E-state index contributed by atoms with van der Waals surface area (Å²) in [5.74, 6) is -0.576. The van der Waals surface area contributed by atoms with Crippen LogP contribution in [0.3, 0.4) is 0 Å². The number of nitrogens with zero attached hydrogens (tertiary/aromatic N) is 3. The fourth-order valence-corrected chi connectivity index (χ4v) is 6.45. The molecule has 0 radical (unpaired) electrons. The quantitative estimate of drug-likeness (QED) is 0.327. The van der Waals surface area contributed by atoms with Gasteiger partial charge in [-0.05, 0) is 30.3 Å². The lowest BCUT2D eigenvalue weighted by Gasteiger charge is -2.24. The van der Waals surface area contributed by atoms with Gasteiger partial charge in [-0.3, -0.25) is 14.4 Å². The second kappa shape index (κ2) is 10.2. The molecule has 1 heterocycles. The van der Waals surface area contributed by atoms with Crippen LogP contribution in [0.25, 0.3) is 0 Å². The molecule has 0 fully saturated rings. The third-order valence-electron chi connectivity index (χ3n) is 3.74. The average molecular weight is 517 g/mol. The first-order valence-corrected chi connectivity index (χ1v) is 12.9. The molecule has 0 spiro atoms. The molecule has 2 aromatic carbocycles. The molecule has 164 valence electrons. The fraction of sp³-hybridized carbons (Fsp3) is 0.211. The van der Waals surface area contributed by atoms with Crippen LogP contribution in [0.4, 0.5) is 10.8 Å². The predicted molar refractivity (Wildman–Crippen MR) is 127 cm³/mol. The third-order valence-corrected chi connectivity index (χ3v) is 7.89. The molecule has 0 bridgehead atoms. The minimum Gasteiger partial charge on any atom is -0.299 e. The molecule has 1 amide bonds. The van der Waals surface area contributed by atoms with Gasteiger partial charge in [0.2, 0.25) is 11.0 Å². The number of thioether (sulfide) groups is 1. The number of hydrogen-bond acceptors (Lipinski definition) is 7. The zero-order valence-electron chi connectivity index (χ0n) is 16.5. The Hall–Kier alpha value is -1.85. The molecule has 1 N–H and O–H groups in total. The van der Waals surface area contributed by atoms with E-state index < -0.39 is 22.5 Å². The highest BCUT2D eigenvalue weighted by molar-refractivity contribution is 8.01. The van der Waals surface area contributed by atoms with E-state index in [1.807, 2.05) is 13.8 Å². The summed E-state index contributed by atoms with van der Waals surface area (Å²) in [5.41, 5.74) is 0.171. The van der Waals surface area contributed by atoms with Gasteiger partial charge in [0, 0.05) is 15.3 Å². The van der Waals surface area contributed by atoms with Crippen molar-refractivity contribution >= 4 is 73.0 Å². The van der Waals surface area contributed by atoms with Crippen molar-refractivity contribution in [3.63, 3.8) is 0 Å². The Morgan fingerprint density at radius 3 is 2.39 bits per heavy atom. The summed E-state index contributed by atoms with van der Waals surface area (Å²) >= 11 is 14.9. The Morgan fingerprint density at radius 2 is 1.77 bits per heavy atom. The van der Waals surface area contributed by atoms with E-state index in [9.17, 15) is 13.2 Å². The summed E-state index contributed by atoms with van der Waals surface area (Å²) < 4.78 is 28.3. The number of carbonyl (C=O) groups is 1. The van der Waals surface area contributed by atoms with Gasteiger partial charge in [-0.1, -0.05) is 78.3 Å². The largest absolute Gasteiger partial charge is 0.299 e. The standard InChI is InChI=1S/C19H18Cl2N4O3S3/c1-12(2)29-19-24-23-18(30-19)22-17(26)11-25(15-9-13(20)8-14(21)10-15)31(27,28)16-6-4-3-5-7-16/h3-10,12H,11H2,1-2H3,(H,22,23,26). The van der Waals surface area contributed by atoms with Crippen molar-refractivity contribution in [2.24, 2.45) is 0 Å². The van der Waals surface area contributed by atoms with Crippen LogP contribution in [0.1, 0.15) is 13.8 Å². The summed E-state index contributed by atoms with van der Waals surface area (Å²) in [6.45, 7) is 3.54. The lowest BCUT2D eigenvalue weighted by Crippen LogP contribution is -2.38. The first-order chi connectivity index (χ1) is 14.6. The summed E-state index contributed by atoms with van der Waals surface area (Å²) in [6.07, 6.45) is 0. The molecule has 0 atom stereocenters. The Morgan fingerprint density at radius 1 is 1.13 bits per heavy atom. The van der Waals surface area contributed by atoms with Gasteiger partial charge in [-0.15, -0.1) is 10.2 Å². The highest BCUT2D eigenvalue weighted by atomic mass is 35.5. The molecule has 0 aliphatic heterocycles. The van der Waals surface area contributed by atoms with E-state index in [1.165, 1.54) is 53.4 Å². The minimum absolute atomic E-state index is 0.0328. The molecule has 1 aromatic heterocycles. The van der Waals surface area contributed by atoms with E-state index in [1.54, 1.807) is 18.2 Å². The smallest absolute Gasteiger partial charge is 0.264 e. The minimum atomic E-state index is -4.07. The number of carbonyl (C=O) groups excluding carboxylic acids is 1. The molecule has 0 unspecified atom stereocenters. The molecule has 31 heavy (non-hydrogen) atoms. The molecule has 3 rings (SSSR count). The summed E-state index contributed by atoms with van der Waals surface area (Å²) in [4.78, 5) is 12.8. The molecule has 3 aromatic rings. The molecule has 7 nitrogen and oxygen atoms in total. The predicted octanol–water partition coefficient (Wildman–Crippen LogP) is 5.18. The first-order valence-electron chi connectivity index (χ1n) is 8.99. The number of halogens is 2. The van der Waals surface area contributed by atoms with E-state index >= 15 is 0 Å². The normalized spacial score (nSPS) is 11.5. The Labute approximate surface area is 198 Å². The lowest BCUT2D eigenvalue weighted by atomic mass is 10.3. The molecular formula is C19H18Cl2N4O3S3. The van der Waals surface area contributed by atoms with Crippen molar-refractivity contribution in [3.8, 4) is 0 Å². The first kappa shape index (κ1) is 23.8. The molecule has 0 aliphatic rings. The molecule has 0 saturated heterocycles. The Balaban J connectivity index is 1.89. The highest BCUT2D eigenvalue weighted by Gasteiger charge is 2.28. The summed E-state index contributed by atoms with van der Waals surface area (Å²) in [7, 11) is -4.07. The number of benzene rings is 2. The van der Waals surface area contributed by atoms with Crippen molar-refractivity contribution in [1.29, 1.82) is 0 Å². The number of hydrogen-bond donors (Lipinski definition) is 1. The third kappa shape index (κ3) is 6.33. The molecular weight excluding hydrogens is 499 g/mol. The van der Waals surface area contributed by atoms with E-state index in [-0.39, 0.29) is 25.8 Å². The number of anilines is 2. The van der Waals surface area contributed by atoms with Gasteiger partial charge in [-0.25, -0.2) is 8.42 Å². The maximum Gasteiger partial charge on any atom is 0.264 e. The van der Waals surface area contributed by atoms with Crippen LogP contribution in [0, 0.1) is 0 Å². The van der Waals surface area contributed by atoms with Crippen molar-refractivity contribution < 1.29 is 13.2 Å². The van der Waals surface area contributed by atoms with Crippen molar-refractivity contribution in [3.05, 3.63) is 58.6 Å². The summed E-state index contributed by atoms with van der Waals surface area (Å²) in [6, 6.07) is 12.2. The maximum atomic E-state index is 13.3. The van der Waals surface area contributed by atoms with Crippen LogP contribution in [0.15, 0.2) is 57.8 Å². The van der Waals surface area contributed by atoms with Crippen LogP contribution in [-0.2, 0) is 14.8 Å². The molecule has 0 aliphatic carbocycles. The average Bonchev–Trinajstić information content (AvgIpc) is 3.11. The van der Waals surface area contributed by atoms with Gasteiger partial charge < -0.3 is 0 Å². The van der Waals surface area contributed by atoms with Gasteiger partial charge in [-0.2, -0.15) is 0 Å². The van der Waals surface area contributed by atoms with Crippen LogP contribution in [0.2, 0.25) is 10.0 Å². The van der Waals surface area contributed by atoms with Gasteiger partial charge in [0.25, 0.3) is 10.0 Å². The van der Waals surface area contributed by atoms with Crippen LogP contribution >= 0.6 is 46.3 Å². The van der Waals surface area contributed by atoms with Gasteiger partial charge in [0.15, 0.2) is 4.34 Å². The van der Waals surface area contributed by atoms with Gasteiger partial charge >= 0.3 is 0 Å². The topological polar surface area (TPSA) is 92.3 Å². The van der Waals surface area contributed by atoms with Crippen molar-refractivity contribution in [1.82, 2.24) is 10.2 Å². The molecule has 0 saturated carbocycles. The number of rotatable bonds is 8. The van der Waals surface area contributed by atoms with E-state index in [0.29, 0.717) is 9.59 Å². The zero-order chi connectivity index (χ0) is 22.6. The highest BCUT2D eigenvalue weighted by Crippen LogP contribution is 2.31. The van der Waals surface area contributed by atoms with E-state index in [2.05, 4.69) is 15.5 Å². The van der Waals surface area contributed by atoms with Crippen LogP contribution in [0.5, 0.6) is 0 Å². The number of sulfonamides is 1. The number of amides is 1. The Bertz CT molecular complexity index is 1150. The lowest BCUT2D eigenvalue weighted by molar-refractivity contribution is -0.114. The maximum absolute atomic E-state index is 13.3. The Kier molecular flexibility index (Phi) is 7.82. The van der Waals surface area contributed by atoms with Crippen molar-refractivity contribution in [2.75, 3.05) is 16.2 Å². The van der Waals surface area contributed by atoms with E-state index in [0.717, 1.165) is 4.31 Å². The van der Waals surface area contributed by atoms with Crippen molar-refractivity contribution in [2.45, 2.75) is 28.3 Å². The van der Waals surface area contributed by atoms with Gasteiger partial charge in [0.05, 0.1) is 10.6 Å². The number of aromatic nitrogens is 2. The monoisotopic (exact) mass is 516 g/mol. The second-order valence-electron chi connectivity index (χ2n) is 6.54.